The van der Waals surface area contributed by atoms with Crippen molar-refractivity contribution in [2.24, 2.45) is 0 Å². The van der Waals surface area contributed by atoms with E-state index in [4.69, 9.17) is 26.3 Å². The molecular formula is C25H26ClN3O2. The summed E-state index contributed by atoms with van der Waals surface area (Å²) in [6, 6.07) is 13.7. The molecule has 2 N–H and O–H groups in total. The van der Waals surface area contributed by atoms with Crippen LogP contribution in [0.1, 0.15) is 54.2 Å². The fraction of sp³-hybridized carbons (Fsp3) is 0.360. The predicted octanol–water partition coefficient (Wildman–Crippen LogP) is 5.32. The minimum Gasteiger partial charge on any atom is -0.497 e. The second kappa shape index (κ2) is 8.13. The highest BCUT2D eigenvalue weighted by molar-refractivity contribution is 6.33. The number of nitrogens with one attached hydrogen (secondary N) is 1. The molecule has 5 nitrogen and oxygen atoms in total. The lowest BCUT2D eigenvalue weighted by Crippen LogP contribution is -2.23. The van der Waals surface area contributed by atoms with Gasteiger partial charge in [0.2, 0.25) is 0 Å². The van der Waals surface area contributed by atoms with Crippen molar-refractivity contribution in [1.29, 1.82) is 0 Å². The van der Waals surface area contributed by atoms with Gasteiger partial charge in [-0.05, 0) is 48.6 Å². The van der Waals surface area contributed by atoms with Crippen LogP contribution in [0.4, 0.5) is 5.82 Å². The molecule has 6 heteroatoms. The van der Waals surface area contributed by atoms with E-state index >= 15 is 0 Å². The normalized spacial score (nSPS) is 19.9. The summed E-state index contributed by atoms with van der Waals surface area (Å²) in [6.07, 6.45) is 3.11. The highest BCUT2D eigenvalue weighted by Crippen LogP contribution is 2.45. The SMILES string of the molecule is CCc1nc(N[C@@H]2c3ccccc3C[C@@H]2O)c(C2CC2)nc1-c1ccc(OC)cc1Cl. The first-order chi connectivity index (χ1) is 15.1. The monoisotopic (exact) mass is 435 g/mol. The van der Waals surface area contributed by atoms with Crippen molar-refractivity contribution in [1.82, 2.24) is 9.97 Å². The van der Waals surface area contributed by atoms with E-state index in [1.807, 2.05) is 30.3 Å². The molecule has 0 bridgehead atoms. The zero-order valence-electron chi connectivity index (χ0n) is 17.7. The Morgan fingerprint density at radius 3 is 2.68 bits per heavy atom. The molecule has 5 rings (SSSR count). The lowest BCUT2D eigenvalue weighted by Gasteiger charge is -2.22. The standard InChI is InChI=1S/C25H26ClN3O2/c1-3-20-23(18-11-10-16(31-2)13-19(18)26)28-22(14-8-9-14)25(27-20)29-24-17-7-5-4-6-15(17)12-21(24)30/h4-7,10-11,13-14,21,24,30H,3,8-9,12H2,1-2H3,(H,27,29)/t21-,24+/m0/s1. The summed E-state index contributed by atoms with van der Waals surface area (Å²) >= 11 is 6.58. The first-order valence-corrected chi connectivity index (χ1v) is 11.2. The number of aromatic nitrogens is 2. The Balaban J connectivity index is 1.57. The van der Waals surface area contributed by atoms with E-state index in [0.29, 0.717) is 23.1 Å². The van der Waals surface area contributed by atoms with Crippen molar-refractivity contribution in [3.63, 3.8) is 0 Å². The third-order valence-corrected chi connectivity index (χ3v) is 6.53. The topological polar surface area (TPSA) is 67.3 Å². The van der Waals surface area contributed by atoms with Crippen LogP contribution in [0.15, 0.2) is 42.5 Å². The number of methoxy groups -OCH3 is 1. The third-order valence-electron chi connectivity index (χ3n) is 6.22. The number of halogens is 1. The molecule has 31 heavy (non-hydrogen) atoms. The minimum absolute atomic E-state index is 0.178. The second-order valence-electron chi connectivity index (χ2n) is 8.32. The van der Waals surface area contributed by atoms with Crippen LogP contribution in [0, 0.1) is 0 Å². The summed E-state index contributed by atoms with van der Waals surface area (Å²) < 4.78 is 5.29. The number of ether oxygens (including phenoxy) is 1. The molecule has 2 aromatic carbocycles. The lowest BCUT2D eigenvalue weighted by molar-refractivity contribution is 0.165. The summed E-state index contributed by atoms with van der Waals surface area (Å²) in [5.41, 5.74) is 5.88. The molecule has 0 saturated heterocycles. The van der Waals surface area contributed by atoms with Crippen LogP contribution in [-0.4, -0.2) is 28.3 Å². The Morgan fingerprint density at radius 2 is 1.97 bits per heavy atom. The Bertz CT molecular complexity index is 1130. The van der Waals surface area contributed by atoms with E-state index in [9.17, 15) is 5.11 Å². The smallest absolute Gasteiger partial charge is 0.148 e. The summed E-state index contributed by atoms with van der Waals surface area (Å²) in [4.78, 5) is 10.1. The number of fused-ring (bicyclic) bond motifs is 1. The van der Waals surface area contributed by atoms with Gasteiger partial charge in [0, 0.05) is 17.9 Å². The van der Waals surface area contributed by atoms with Gasteiger partial charge in [-0.25, -0.2) is 9.97 Å². The first kappa shape index (κ1) is 20.3. The number of benzene rings is 2. The number of hydrogen-bond donors (Lipinski definition) is 2. The maximum Gasteiger partial charge on any atom is 0.148 e. The highest BCUT2D eigenvalue weighted by Gasteiger charge is 2.35. The van der Waals surface area contributed by atoms with E-state index in [1.165, 1.54) is 5.56 Å². The number of aliphatic hydroxyl groups excluding tert-OH is 1. The minimum atomic E-state index is -0.480. The predicted molar refractivity (Wildman–Crippen MR) is 123 cm³/mol. The molecular weight excluding hydrogens is 410 g/mol. The van der Waals surface area contributed by atoms with Gasteiger partial charge in [0.05, 0.1) is 41.4 Å². The fourth-order valence-corrected chi connectivity index (χ4v) is 4.66. The van der Waals surface area contributed by atoms with Crippen LogP contribution in [0.25, 0.3) is 11.3 Å². The van der Waals surface area contributed by atoms with E-state index in [1.54, 1.807) is 7.11 Å². The van der Waals surface area contributed by atoms with Crippen molar-refractivity contribution in [2.45, 2.75) is 50.7 Å². The molecule has 2 atom stereocenters. The van der Waals surface area contributed by atoms with Crippen LogP contribution in [0.3, 0.4) is 0 Å². The Kier molecular flexibility index (Phi) is 5.32. The van der Waals surface area contributed by atoms with Crippen molar-refractivity contribution in [3.05, 3.63) is 70.0 Å². The van der Waals surface area contributed by atoms with Crippen LogP contribution in [-0.2, 0) is 12.8 Å². The Morgan fingerprint density at radius 1 is 1.16 bits per heavy atom. The average Bonchev–Trinajstić information content (AvgIpc) is 3.58. The van der Waals surface area contributed by atoms with Crippen LogP contribution in [0.5, 0.6) is 5.75 Å². The lowest BCUT2D eigenvalue weighted by atomic mass is 10.1. The Hall–Kier alpha value is -2.63. The number of nitrogens with zero attached hydrogens (tertiary/aromatic N) is 2. The molecule has 1 fully saturated rings. The van der Waals surface area contributed by atoms with Crippen molar-refractivity contribution in [3.8, 4) is 17.0 Å². The molecule has 3 aromatic rings. The molecule has 1 heterocycles. The van der Waals surface area contributed by atoms with E-state index in [0.717, 1.165) is 53.3 Å². The van der Waals surface area contributed by atoms with Crippen molar-refractivity contribution < 1.29 is 9.84 Å². The summed E-state index contributed by atoms with van der Waals surface area (Å²) in [5.74, 6) is 1.90. The summed E-state index contributed by atoms with van der Waals surface area (Å²) in [7, 11) is 1.63. The van der Waals surface area contributed by atoms with Crippen molar-refractivity contribution >= 4 is 17.4 Å². The maximum atomic E-state index is 10.7. The third kappa shape index (κ3) is 3.77. The van der Waals surface area contributed by atoms with Gasteiger partial charge < -0.3 is 15.2 Å². The van der Waals surface area contributed by atoms with Crippen molar-refractivity contribution in [2.75, 3.05) is 12.4 Å². The molecule has 0 radical (unpaired) electrons. The number of aryl methyl sites for hydroxylation is 1. The molecule has 0 spiro atoms. The van der Waals surface area contributed by atoms with Gasteiger partial charge in [-0.2, -0.15) is 0 Å². The Labute approximate surface area is 187 Å². The van der Waals surface area contributed by atoms with Gasteiger partial charge in [0.25, 0.3) is 0 Å². The van der Waals surface area contributed by atoms with E-state index in [2.05, 4.69) is 24.4 Å². The quantitative estimate of drug-likeness (QED) is 0.548. The van der Waals surface area contributed by atoms with E-state index < -0.39 is 6.10 Å². The molecule has 1 aromatic heterocycles. The average molecular weight is 436 g/mol. The molecule has 1 saturated carbocycles. The molecule has 2 aliphatic rings. The zero-order valence-corrected chi connectivity index (χ0v) is 18.5. The van der Waals surface area contributed by atoms with Gasteiger partial charge in [-0.3, -0.25) is 0 Å². The molecule has 2 aliphatic carbocycles. The van der Waals surface area contributed by atoms with Gasteiger partial charge in [-0.15, -0.1) is 0 Å². The number of hydrogen-bond acceptors (Lipinski definition) is 5. The molecule has 160 valence electrons. The van der Waals surface area contributed by atoms with Gasteiger partial charge in [0.1, 0.15) is 11.6 Å². The number of rotatable bonds is 6. The largest absolute Gasteiger partial charge is 0.497 e. The molecule has 0 amide bonds. The summed E-state index contributed by atoms with van der Waals surface area (Å²) in [5, 5.41) is 14.9. The van der Waals surface area contributed by atoms with Crippen LogP contribution >= 0.6 is 11.6 Å². The zero-order chi connectivity index (χ0) is 21.5. The molecule has 0 aliphatic heterocycles. The highest BCUT2D eigenvalue weighted by atomic mass is 35.5. The van der Waals surface area contributed by atoms with Crippen LogP contribution < -0.4 is 10.1 Å². The second-order valence-corrected chi connectivity index (χ2v) is 8.73. The van der Waals surface area contributed by atoms with Gasteiger partial charge in [0.15, 0.2) is 0 Å². The molecule has 0 unspecified atom stereocenters. The summed E-state index contributed by atoms with van der Waals surface area (Å²) in [6.45, 7) is 2.07. The number of aliphatic hydroxyl groups is 1. The van der Waals surface area contributed by atoms with Gasteiger partial charge in [-0.1, -0.05) is 42.8 Å². The van der Waals surface area contributed by atoms with Crippen LogP contribution in [0.2, 0.25) is 5.02 Å². The maximum absolute atomic E-state index is 10.7. The van der Waals surface area contributed by atoms with Gasteiger partial charge >= 0.3 is 0 Å². The first-order valence-electron chi connectivity index (χ1n) is 10.9. The number of anilines is 1. The van der Waals surface area contributed by atoms with E-state index in [-0.39, 0.29) is 6.04 Å². The fourth-order valence-electron chi connectivity index (χ4n) is 4.40.